The highest BCUT2D eigenvalue weighted by molar-refractivity contribution is 6.31. The molecular weight excluding hydrogens is 254 g/mol. The highest BCUT2D eigenvalue weighted by Gasteiger charge is 2.15. The van der Waals surface area contributed by atoms with Gasteiger partial charge in [-0.15, -0.1) is 0 Å². The summed E-state index contributed by atoms with van der Waals surface area (Å²) in [4.78, 5) is 9.95. The summed E-state index contributed by atoms with van der Waals surface area (Å²) in [6.07, 6.45) is 1.41. The van der Waals surface area contributed by atoms with Crippen LogP contribution in [-0.2, 0) is 6.54 Å². The van der Waals surface area contributed by atoms with Gasteiger partial charge in [-0.3, -0.25) is 0 Å². The predicted molar refractivity (Wildman–Crippen MR) is 69.1 cm³/mol. The third-order valence-electron chi connectivity index (χ3n) is 2.50. The zero-order valence-corrected chi connectivity index (χ0v) is 11.2. The summed E-state index contributed by atoms with van der Waals surface area (Å²) in [7, 11) is 3.43. The molecule has 0 unspecified atom stereocenters. The molecular formula is C12H14ClN3O2. The van der Waals surface area contributed by atoms with Crippen LogP contribution in [0.15, 0.2) is 22.9 Å². The van der Waals surface area contributed by atoms with Crippen LogP contribution in [0.5, 0.6) is 5.75 Å². The number of aryl methyl sites for hydroxylation is 1. The Balaban J connectivity index is 2.23. The Labute approximate surface area is 110 Å². The molecule has 6 heteroatoms. The van der Waals surface area contributed by atoms with Crippen molar-refractivity contribution in [2.24, 2.45) is 0 Å². The quantitative estimate of drug-likeness (QED) is 0.797. The molecule has 0 amide bonds. The van der Waals surface area contributed by atoms with Crippen molar-refractivity contribution in [2.45, 2.75) is 13.5 Å². The van der Waals surface area contributed by atoms with Crippen molar-refractivity contribution in [1.82, 2.24) is 9.97 Å². The van der Waals surface area contributed by atoms with Crippen LogP contribution in [-0.4, -0.2) is 24.1 Å². The maximum atomic E-state index is 5.95. The summed E-state index contributed by atoms with van der Waals surface area (Å²) in [6.45, 7) is 2.49. The van der Waals surface area contributed by atoms with Crippen LogP contribution in [0.1, 0.15) is 11.5 Å². The van der Waals surface area contributed by atoms with E-state index in [9.17, 15) is 0 Å². The van der Waals surface area contributed by atoms with Gasteiger partial charge in [0.05, 0.1) is 13.7 Å². The second-order valence-electron chi connectivity index (χ2n) is 3.89. The van der Waals surface area contributed by atoms with E-state index in [0.717, 1.165) is 11.5 Å². The standard InChI is InChI=1S/C12H14ClN3O2/c1-8-4-5-9(18-8)6-16(2)12-10(17-3)11(13)14-7-15-12/h4-5,7H,6H2,1-3H3. The van der Waals surface area contributed by atoms with Gasteiger partial charge in [-0.2, -0.15) is 0 Å². The van der Waals surface area contributed by atoms with E-state index in [1.807, 2.05) is 31.0 Å². The minimum atomic E-state index is 0.296. The lowest BCUT2D eigenvalue weighted by Gasteiger charge is -2.19. The molecule has 0 aliphatic carbocycles. The molecule has 2 rings (SSSR count). The zero-order chi connectivity index (χ0) is 13.1. The van der Waals surface area contributed by atoms with Crippen molar-refractivity contribution in [3.8, 4) is 5.75 Å². The fourth-order valence-electron chi connectivity index (χ4n) is 1.67. The number of furan rings is 1. The molecule has 0 saturated carbocycles. The Morgan fingerprint density at radius 2 is 2.17 bits per heavy atom. The average Bonchev–Trinajstić information content (AvgIpc) is 2.74. The molecule has 2 heterocycles. The van der Waals surface area contributed by atoms with E-state index in [1.54, 1.807) is 7.11 Å². The monoisotopic (exact) mass is 267 g/mol. The van der Waals surface area contributed by atoms with Gasteiger partial charge in [0.2, 0.25) is 0 Å². The molecule has 0 bridgehead atoms. The second-order valence-corrected chi connectivity index (χ2v) is 4.25. The molecule has 0 spiro atoms. The van der Waals surface area contributed by atoms with Gasteiger partial charge < -0.3 is 14.1 Å². The third-order valence-corrected chi connectivity index (χ3v) is 2.77. The smallest absolute Gasteiger partial charge is 0.199 e. The lowest BCUT2D eigenvalue weighted by atomic mass is 10.4. The van der Waals surface area contributed by atoms with Crippen LogP contribution in [0.25, 0.3) is 0 Å². The Morgan fingerprint density at radius 3 is 2.78 bits per heavy atom. The van der Waals surface area contributed by atoms with Crippen LogP contribution < -0.4 is 9.64 Å². The highest BCUT2D eigenvalue weighted by Crippen LogP contribution is 2.31. The Hall–Kier alpha value is -1.75. The number of methoxy groups -OCH3 is 1. The maximum absolute atomic E-state index is 5.95. The fraction of sp³-hybridized carbons (Fsp3) is 0.333. The van der Waals surface area contributed by atoms with Crippen LogP contribution in [0.3, 0.4) is 0 Å². The van der Waals surface area contributed by atoms with Gasteiger partial charge in [-0.1, -0.05) is 11.6 Å². The number of hydrogen-bond donors (Lipinski definition) is 0. The summed E-state index contributed by atoms with van der Waals surface area (Å²) in [5, 5.41) is 0.296. The maximum Gasteiger partial charge on any atom is 0.199 e. The topological polar surface area (TPSA) is 51.4 Å². The van der Waals surface area contributed by atoms with Crippen LogP contribution in [0, 0.1) is 6.92 Å². The zero-order valence-electron chi connectivity index (χ0n) is 10.5. The first-order valence-corrected chi connectivity index (χ1v) is 5.80. The van der Waals surface area contributed by atoms with E-state index in [-0.39, 0.29) is 0 Å². The van der Waals surface area contributed by atoms with Crippen molar-refractivity contribution in [3.05, 3.63) is 35.1 Å². The molecule has 2 aromatic rings. The van der Waals surface area contributed by atoms with Crippen molar-refractivity contribution in [3.63, 3.8) is 0 Å². The molecule has 0 saturated heterocycles. The Bertz CT molecular complexity index is 542. The molecule has 5 nitrogen and oxygen atoms in total. The van der Waals surface area contributed by atoms with Crippen molar-refractivity contribution >= 4 is 17.4 Å². The molecule has 0 aromatic carbocycles. The van der Waals surface area contributed by atoms with E-state index in [0.29, 0.717) is 23.3 Å². The Kier molecular flexibility index (Phi) is 3.72. The molecule has 18 heavy (non-hydrogen) atoms. The first kappa shape index (κ1) is 12.7. The number of hydrogen-bond acceptors (Lipinski definition) is 5. The molecule has 0 radical (unpaired) electrons. The molecule has 2 aromatic heterocycles. The SMILES string of the molecule is COc1c(Cl)ncnc1N(C)Cc1ccc(C)o1. The number of halogens is 1. The highest BCUT2D eigenvalue weighted by atomic mass is 35.5. The molecule has 0 atom stereocenters. The van der Waals surface area contributed by atoms with E-state index in [1.165, 1.54) is 6.33 Å². The minimum Gasteiger partial charge on any atom is -0.490 e. The summed E-state index contributed by atoms with van der Waals surface area (Å²) >= 11 is 5.95. The molecule has 0 fully saturated rings. The van der Waals surface area contributed by atoms with Crippen LogP contribution in [0.4, 0.5) is 5.82 Å². The van der Waals surface area contributed by atoms with E-state index < -0.39 is 0 Å². The summed E-state index contributed by atoms with van der Waals surface area (Å²) < 4.78 is 10.7. The number of aromatic nitrogens is 2. The average molecular weight is 268 g/mol. The van der Waals surface area contributed by atoms with Crippen LogP contribution in [0.2, 0.25) is 5.15 Å². The summed E-state index contributed by atoms with van der Waals surface area (Å²) in [5.41, 5.74) is 0. The summed E-state index contributed by atoms with van der Waals surface area (Å²) in [5.74, 6) is 2.83. The van der Waals surface area contributed by atoms with Crippen molar-refractivity contribution in [1.29, 1.82) is 0 Å². The third kappa shape index (κ3) is 2.56. The lowest BCUT2D eigenvalue weighted by Crippen LogP contribution is -2.18. The number of anilines is 1. The molecule has 96 valence electrons. The minimum absolute atomic E-state index is 0.296. The van der Waals surface area contributed by atoms with Gasteiger partial charge in [-0.05, 0) is 19.1 Å². The second kappa shape index (κ2) is 5.27. The largest absolute Gasteiger partial charge is 0.490 e. The van der Waals surface area contributed by atoms with E-state index >= 15 is 0 Å². The predicted octanol–water partition coefficient (Wildman–Crippen LogP) is 2.68. The molecule has 0 aliphatic rings. The van der Waals surface area contributed by atoms with Crippen LogP contribution >= 0.6 is 11.6 Å². The van der Waals surface area contributed by atoms with Gasteiger partial charge in [0, 0.05) is 7.05 Å². The van der Waals surface area contributed by atoms with E-state index in [4.69, 9.17) is 20.8 Å². The number of ether oxygens (including phenoxy) is 1. The normalized spacial score (nSPS) is 10.4. The lowest BCUT2D eigenvalue weighted by molar-refractivity contribution is 0.410. The molecule has 0 N–H and O–H groups in total. The number of nitrogens with zero attached hydrogens (tertiary/aromatic N) is 3. The van der Waals surface area contributed by atoms with Gasteiger partial charge in [0.1, 0.15) is 17.8 Å². The molecule has 0 aliphatic heterocycles. The van der Waals surface area contributed by atoms with Gasteiger partial charge >= 0.3 is 0 Å². The first-order chi connectivity index (χ1) is 8.61. The first-order valence-electron chi connectivity index (χ1n) is 5.42. The van der Waals surface area contributed by atoms with E-state index in [2.05, 4.69) is 9.97 Å². The Morgan fingerprint density at radius 1 is 1.39 bits per heavy atom. The van der Waals surface area contributed by atoms with Gasteiger partial charge in [0.15, 0.2) is 16.7 Å². The fourth-order valence-corrected chi connectivity index (χ4v) is 1.88. The number of rotatable bonds is 4. The van der Waals surface area contributed by atoms with Crippen molar-refractivity contribution < 1.29 is 9.15 Å². The summed E-state index contributed by atoms with van der Waals surface area (Å²) in [6, 6.07) is 3.86. The van der Waals surface area contributed by atoms with Gasteiger partial charge in [-0.25, -0.2) is 9.97 Å². The van der Waals surface area contributed by atoms with Gasteiger partial charge in [0.25, 0.3) is 0 Å². The van der Waals surface area contributed by atoms with Crippen molar-refractivity contribution in [2.75, 3.05) is 19.1 Å².